The number of halogens is 2. The number of nitrogens with two attached hydrogens (primary N) is 1. The molecule has 0 fully saturated rings. The molecule has 1 rings (SSSR count). The van der Waals surface area contributed by atoms with Crippen molar-refractivity contribution in [3.8, 4) is 0 Å². The van der Waals surface area contributed by atoms with Gasteiger partial charge < -0.3 is 5.73 Å². The minimum Gasteiger partial charge on any atom is -0.366 e. The Labute approximate surface area is 90.4 Å². The standard InChI is InChI=1S/C10H11BrFNO/c1-3-6-5(2)7(10(13)14)4-8(11)9(6)12/h4H,3H2,1-2H3,(H2,13,14). The van der Waals surface area contributed by atoms with Gasteiger partial charge in [0, 0.05) is 5.56 Å². The van der Waals surface area contributed by atoms with Gasteiger partial charge in [-0.1, -0.05) is 6.92 Å². The van der Waals surface area contributed by atoms with E-state index in [0.717, 1.165) is 0 Å². The van der Waals surface area contributed by atoms with Gasteiger partial charge in [-0.05, 0) is 46.5 Å². The van der Waals surface area contributed by atoms with E-state index in [1.165, 1.54) is 6.07 Å². The van der Waals surface area contributed by atoms with Gasteiger partial charge in [0.15, 0.2) is 0 Å². The summed E-state index contributed by atoms with van der Waals surface area (Å²) in [5.74, 6) is -0.840. The summed E-state index contributed by atoms with van der Waals surface area (Å²) < 4.78 is 13.8. The lowest BCUT2D eigenvalue weighted by atomic mass is 9.99. The highest BCUT2D eigenvalue weighted by Gasteiger charge is 2.15. The van der Waals surface area contributed by atoms with Crippen LogP contribution in [0, 0.1) is 12.7 Å². The Balaban J connectivity index is 3.50. The van der Waals surface area contributed by atoms with Crippen molar-refractivity contribution >= 4 is 21.8 Å². The number of carbonyl (C=O) groups is 1. The molecule has 1 aromatic rings. The molecule has 0 unspecified atom stereocenters. The van der Waals surface area contributed by atoms with Crippen molar-refractivity contribution in [1.29, 1.82) is 0 Å². The highest BCUT2D eigenvalue weighted by atomic mass is 79.9. The molecule has 0 aliphatic rings. The van der Waals surface area contributed by atoms with Crippen molar-refractivity contribution in [3.05, 3.63) is 33.0 Å². The highest BCUT2D eigenvalue weighted by molar-refractivity contribution is 9.10. The first kappa shape index (κ1) is 11.2. The van der Waals surface area contributed by atoms with Gasteiger partial charge in [-0.2, -0.15) is 0 Å². The molecule has 14 heavy (non-hydrogen) atoms. The fraction of sp³-hybridized carbons (Fsp3) is 0.300. The fourth-order valence-corrected chi connectivity index (χ4v) is 1.91. The summed E-state index contributed by atoms with van der Waals surface area (Å²) in [6, 6.07) is 1.42. The Morgan fingerprint density at radius 2 is 2.21 bits per heavy atom. The van der Waals surface area contributed by atoms with Gasteiger partial charge in [0.1, 0.15) is 5.82 Å². The number of carbonyl (C=O) groups excluding carboxylic acids is 1. The summed E-state index contributed by atoms with van der Waals surface area (Å²) in [6.07, 6.45) is 0.539. The molecular weight excluding hydrogens is 249 g/mol. The van der Waals surface area contributed by atoms with Crippen LogP contribution in [-0.2, 0) is 6.42 Å². The Morgan fingerprint density at radius 3 is 2.64 bits per heavy atom. The molecule has 0 saturated carbocycles. The predicted octanol–water partition coefficient (Wildman–Crippen LogP) is 2.56. The normalized spacial score (nSPS) is 10.3. The zero-order chi connectivity index (χ0) is 10.9. The Morgan fingerprint density at radius 1 is 1.64 bits per heavy atom. The molecule has 2 nitrogen and oxygen atoms in total. The molecule has 2 N–H and O–H groups in total. The summed E-state index contributed by atoms with van der Waals surface area (Å²) in [5, 5.41) is 0. The van der Waals surface area contributed by atoms with E-state index >= 15 is 0 Å². The van der Waals surface area contributed by atoms with Gasteiger partial charge >= 0.3 is 0 Å². The molecule has 0 radical (unpaired) electrons. The fourth-order valence-electron chi connectivity index (χ4n) is 1.45. The molecule has 0 aliphatic heterocycles. The van der Waals surface area contributed by atoms with Crippen LogP contribution in [0.3, 0.4) is 0 Å². The van der Waals surface area contributed by atoms with Crippen LogP contribution < -0.4 is 5.73 Å². The number of primary amides is 1. The molecule has 0 atom stereocenters. The topological polar surface area (TPSA) is 43.1 Å². The first-order valence-corrected chi connectivity index (χ1v) is 5.05. The summed E-state index contributed by atoms with van der Waals surface area (Å²) >= 11 is 3.06. The second-order valence-electron chi connectivity index (χ2n) is 3.04. The van der Waals surface area contributed by atoms with Gasteiger partial charge in [0.25, 0.3) is 0 Å². The zero-order valence-corrected chi connectivity index (χ0v) is 9.61. The van der Waals surface area contributed by atoms with Crippen LogP contribution in [0.4, 0.5) is 4.39 Å². The lowest BCUT2D eigenvalue weighted by Crippen LogP contribution is -2.14. The van der Waals surface area contributed by atoms with Crippen LogP contribution in [0.15, 0.2) is 10.5 Å². The highest BCUT2D eigenvalue weighted by Crippen LogP contribution is 2.25. The van der Waals surface area contributed by atoms with Gasteiger partial charge in [-0.3, -0.25) is 4.79 Å². The SMILES string of the molecule is CCc1c(C)c(C(N)=O)cc(Br)c1F. The largest absolute Gasteiger partial charge is 0.366 e. The number of hydrogen-bond acceptors (Lipinski definition) is 1. The van der Waals surface area contributed by atoms with Crippen molar-refractivity contribution in [1.82, 2.24) is 0 Å². The third kappa shape index (κ3) is 1.80. The molecular formula is C10H11BrFNO. The van der Waals surface area contributed by atoms with Crippen LogP contribution in [0.2, 0.25) is 0 Å². The van der Waals surface area contributed by atoms with Crippen molar-refractivity contribution < 1.29 is 9.18 Å². The zero-order valence-electron chi connectivity index (χ0n) is 8.03. The molecule has 4 heteroatoms. The van der Waals surface area contributed by atoms with Crippen molar-refractivity contribution in [2.75, 3.05) is 0 Å². The van der Waals surface area contributed by atoms with Crippen LogP contribution in [0.25, 0.3) is 0 Å². The first-order chi connectivity index (χ1) is 6.49. The van der Waals surface area contributed by atoms with Crippen molar-refractivity contribution in [3.63, 3.8) is 0 Å². The van der Waals surface area contributed by atoms with E-state index in [2.05, 4.69) is 15.9 Å². The van der Waals surface area contributed by atoms with Crippen molar-refractivity contribution in [2.45, 2.75) is 20.3 Å². The number of hydrogen-bond donors (Lipinski definition) is 1. The Bertz CT molecular complexity index is 390. The van der Waals surface area contributed by atoms with Crippen LogP contribution in [0.1, 0.15) is 28.4 Å². The van der Waals surface area contributed by atoms with Crippen molar-refractivity contribution in [2.24, 2.45) is 5.73 Å². The van der Waals surface area contributed by atoms with Crippen LogP contribution >= 0.6 is 15.9 Å². The first-order valence-electron chi connectivity index (χ1n) is 4.26. The van der Waals surface area contributed by atoms with E-state index in [1.807, 2.05) is 6.92 Å². The summed E-state index contributed by atoms with van der Waals surface area (Å²) in [6.45, 7) is 3.54. The molecule has 1 aromatic carbocycles. The van der Waals surface area contributed by atoms with Crippen LogP contribution in [0.5, 0.6) is 0 Å². The lowest BCUT2D eigenvalue weighted by Gasteiger charge is -2.10. The van der Waals surface area contributed by atoms with E-state index < -0.39 is 5.91 Å². The summed E-state index contributed by atoms with van der Waals surface area (Å²) in [4.78, 5) is 11.0. The number of rotatable bonds is 2. The lowest BCUT2D eigenvalue weighted by molar-refractivity contribution is 0.0999. The van der Waals surface area contributed by atoms with E-state index in [-0.39, 0.29) is 10.3 Å². The molecule has 0 saturated heterocycles. The molecule has 0 aliphatic carbocycles. The molecule has 76 valence electrons. The minimum absolute atomic E-state index is 0.286. The Kier molecular flexibility index (Phi) is 3.26. The average Bonchev–Trinajstić information content (AvgIpc) is 2.12. The molecule has 0 heterocycles. The van der Waals surface area contributed by atoms with Gasteiger partial charge in [-0.15, -0.1) is 0 Å². The smallest absolute Gasteiger partial charge is 0.249 e. The van der Waals surface area contributed by atoms with Gasteiger partial charge in [0.2, 0.25) is 5.91 Å². The molecule has 0 bridgehead atoms. The predicted molar refractivity (Wildman–Crippen MR) is 56.7 cm³/mol. The van der Waals surface area contributed by atoms with E-state index in [1.54, 1.807) is 6.92 Å². The van der Waals surface area contributed by atoms with E-state index in [9.17, 15) is 9.18 Å². The van der Waals surface area contributed by atoms with Gasteiger partial charge in [-0.25, -0.2) is 4.39 Å². The average molecular weight is 260 g/mol. The summed E-state index contributed by atoms with van der Waals surface area (Å²) in [5.41, 5.74) is 6.71. The third-order valence-electron chi connectivity index (χ3n) is 2.22. The third-order valence-corrected chi connectivity index (χ3v) is 2.80. The quantitative estimate of drug-likeness (QED) is 0.872. The molecule has 0 aromatic heterocycles. The number of amides is 1. The van der Waals surface area contributed by atoms with Gasteiger partial charge in [0.05, 0.1) is 4.47 Å². The van der Waals surface area contributed by atoms with Crippen LogP contribution in [-0.4, -0.2) is 5.91 Å². The van der Waals surface area contributed by atoms with E-state index in [4.69, 9.17) is 5.73 Å². The maximum absolute atomic E-state index is 13.5. The second kappa shape index (κ2) is 4.09. The maximum Gasteiger partial charge on any atom is 0.249 e. The minimum atomic E-state index is -0.530. The molecule has 1 amide bonds. The Hall–Kier alpha value is -0.900. The monoisotopic (exact) mass is 259 g/mol. The second-order valence-corrected chi connectivity index (χ2v) is 3.90. The summed E-state index contributed by atoms with van der Waals surface area (Å²) in [7, 11) is 0. The molecule has 0 spiro atoms. The number of benzene rings is 1. The maximum atomic E-state index is 13.5. The van der Waals surface area contributed by atoms with E-state index in [0.29, 0.717) is 23.1 Å².